The summed E-state index contributed by atoms with van der Waals surface area (Å²) >= 11 is 1.34. The Morgan fingerprint density at radius 2 is 1.85 bits per heavy atom. The zero-order chi connectivity index (χ0) is 23.2. The number of anilines is 1. The van der Waals surface area contributed by atoms with Crippen molar-refractivity contribution in [1.29, 1.82) is 0 Å². The third kappa shape index (κ3) is 5.62. The molecular formula is C26H26N4O2S. The molecule has 4 rings (SSSR count). The third-order valence-electron chi connectivity index (χ3n) is 5.05. The lowest BCUT2D eigenvalue weighted by atomic mass is 10.1. The molecule has 0 saturated carbocycles. The molecule has 0 saturated heterocycles. The van der Waals surface area contributed by atoms with Crippen molar-refractivity contribution in [3.8, 4) is 5.75 Å². The summed E-state index contributed by atoms with van der Waals surface area (Å²) in [7, 11) is 0. The number of amides is 1. The smallest absolute Gasteiger partial charge is 0.234 e. The molecule has 0 bridgehead atoms. The number of fused-ring (bicyclic) bond motifs is 1. The van der Waals surface area contributed by atoms with Crippen LogP contribution >= 0.6 is 11.8 Å². The molecule has 0 atom stereocenters. The third-order valence-corrected chi connectivity index (χ3v) is 6.02. The van der Waals surface area contributed by atoms with Gasteiger partial charge >= 0.3 is 0 Å². The molecule has 33 heavy (non-hydrogen) atoms. The number of hydrogen-bond acceptors (Lipinski definition) is 5. The summed E-state index contributed by atoms with van der Waals surface area (Å²) in [5.74, 6) is 1.61. The van der Waals surface area contributed by atoms with Crippen LogP contribution in [0.4, 0.5) is 5.69 Å². The van der Waals surface area contributed by atoms with Gasteiger partial charge in [-0.2, -0.15) is 0 Å². The van der Waals surface area contributed by atoms with E-state index in [4.69, 9.17) is 4.74 Å². The maximum absolute atomic E-state index is 12.5. The number of allylic oxidation sites excluding steroid dienone is 1. The Morgan fingerprint density at radius 1 is 1.09 bits per heavy atom. The van der Waals surface area contributed by atoms with E-state index in [1.54, 1.807) is 6.08 Å². The molecular weight excluding hydrogens is 432 g/mol. The second-order valence-electron chi connectivity index (χ2n) is 7.78. The van der Waals surface area contributed by atoms with E-state index in [9.17, 15) is 4.79 Å². The number of ether oxygens (including phenoxy) is 1. The van der Waals surface area contributed by atoms with Crippen LogP contribution in [0.1, 0.15) is 17.0 Å². The van der Waals surface area contributed by atoms with Crippen molar-refractivity contribution in [2.24, 2.45) is 0 Å². The van der Waals surface area contributed by atoms with Crippen molar-refractivity contribution in [1.82, 2.24) is 14.8 Å². The van der Waals surface area contributed by atoms with E-state index < -0.39 is 0 Å². The topological polar surface area (TPSA) is 69.0 Å². The van der Waals surface area contributed by atoms with Gasteiger partial charge in [-0.05, 0) is 48.6 Å². The highest BCUT2D eigenvalue weighted by Crippen LogP contribution is 2.26. The van der Waals surface area contributed by atoms with Gasteiger partial charge in [0.1, 0.15) is 12.4 Å². The molecule has 0 aliphatic carbocycles. The van der Waals surface area contributed by atoms with Crippen LogP contribution in [0, 0.1) is 13.8 Å². The molecule has 0 radical (unpaired) electrons. The Labute approximate surface area is 197 Å². The molecule has 3 aromatic carbocycles. The molecule has 0 spiro atoms. The minimum atomic E-state index is -0.0910. The van der Waals surface area contributed by atoms with Gasteiger partial charge in [-0.25, -0.2) is 0 Å². The van der Waals surface area contributed by atoms with E-state index in [0.717, 1.165) is 33.3 Å². The standard InChI is InChI=1S/C26H26N4O2S/c1-4-12-30-24(16-32-23-11-7-9-20-8-5-6-10-22(20)23)28-29-26(30)33-17-25(31)27-21-14-18(2)13-19(3)15-21/h4-11,13-15H,1,12,16-17H2,2-3H3,(H,27,31). The van der Waals surface area contributed by atoms with E-state index in [-0.39, 0.29) is 18.3 Å². The molecule has 1 aromatic heterocycles. The van der Waals surface area contributed by atoms with Gasteiger partial charge in [0.15, 0.2) is 11.0 Å². The van der Waals surface area contributed by atoms with Crippen molar-refractivity contribution in [3.63, 3.8) is 0 Å². The summed E-state index contributed by atoms with van der Waals surface area (Å²) in [5.41, 5.74) is 3.02. The Hall–Kier alpha value is -3.58. The molecule has 1 N–H and O–H groups in total. The molecule has 0 aliphatic rings. The second-order valence-corrected chi connectivity index (χ2v) is 8.72. The summed E-state index contributed by atoms with van der Waals surface area (Å²) in [4.78, 5) is 12.5. The van der Waals surface area contributed by atoms with Gasteiger partial charge in [0.05, 0.1) is 5.75 Å². The number of aromatic nitrogens is 3. The SMILES string of the molecule is C=CCn1c(COc2cccc3ccccc23)nnc1SCC(=O)Nc1cc(C)cc(C)c1. The number of hydrogen-bond donors (Lipinski definition) is 1. The first-order chi connectivity index (χ1) is 16.0. The molecule has 6 nitrogen and oxygen atoms in total. The normalized spacial score (nSPS) is 10.8. The summed E-state index contributed by atoms with van der Waals surface area (Å²) in [6, 6.07) is 20.1. The highest BCUT2D eigenvalue weighted by Gasteiger charge is 2.15. The molecule has 0 unspecified atom stereocenters. The monoisotopic (exact) mass is 458 g/mol. The first-order valence-corrected chi connectivity index (χ1v) is 11.7. The van der Waals surface area contributed by atoms with E-state index in [1.165, 1.54) is 11.8 Å². The molecule has 7 heteroatoms. The van der Waals surface area contributed by atoms with Gasteiger partial charge in [0.25, 0.3) is 0 Å². The maximum Gasteiger partial charge on any atom is 0.234 e. The molecule has 0 aliphatic heterocycles. The predicted octanol–water partition coefficient (Wildman–Crippen LogP) is 5.54. The predicted molar refractivity (Wildman–Crippen MR) is 134 cm³/mol. The highest BCUT2D eigenvalue weighted by atomic mass is 32.2. The summed E-state index contributed by atoms with van der Waals surface area (Å²) in [6.45, 7) is 8.66. The maximum atomic E-state index is 12.5. The fourth-order valence-corrected chi connectivity index (χ4v) is 4.45. The van der Waals surface area contributed by atoms with Crippen molar-refractivity contribution >= 4 is 34.1 Å². The van der Waals surface area contributed by atoms with Crippen molar-refractivity contribution in [2.45, 2.75) is 32.2 Å². The van der Waals surface area contributed by atoms with Crippen molar-refractivity contribution in [3.05, 3.63) is 90.3 Å². The Morgan fingerprint density at radius 3 is 2.64 bits per heavy atom. The van der Waals surface area contributed by atoms with Crippen LogP contribution in [-0.4, -0.2) is 26.4 Å². The lowest BCUT2D eigenvalue weighted by molar-refractivity contribution is -0.113. The minimum absolute atomic E-state index is 0.0910. The van der Waals surface area contributed by atoms with Crippen molar-refractivity contribution < 1.29 is 9.53 Å². The number of rotatable bonds is 9. The van der Waals surface area contributed by atoms with Crippen LogP contribution < -0.4 is 10.1 Å². The molecule has 168 valence electrons. The second kappa shape index (κ2) is 10.4. The Bertz CT molecular complexity index is 1270. The van der Waals surface area contributed by atoms with Crippen LogP contribution in [-0.2, 0) is 17.9 Å². The number of benzene rings is 3. The van der Waals surface area contributed by atoms with Gasteiger partial charge < -0.3 is 10.1 Å². The molecule has 0 fully saturated rings. The average Bonchev–Trinajstić information content (AvgIpc) is 3.17. The van der Waals surface area contributed by atoms with E-state index in [0.29, 0.717) is 17.5 Å². The number of nitrogens with one attached hydrogen (secondary N) is 1. The fraction of sp³-hybridized carbons (Fsp3) is 0.192. The van der Waals surface area contributed by atoms with E-state index >= 15 is 0 Å². The van der Waals surface area contributed by atoms with Gasteiger partial charge in [-0.15, -0.1) is 16.8 Å². The number of thioether (sulfide) groups is 1. The van der Waals surface area contributed by atoms with Crippen LogP contribution in [0.3, 0.4) is 0 Å². The molecule has 1 heterocycles. The fourth-order valence-electron chi connectivity index (χ4n) is 3.68. The Balaban J connectivity index is 1.42. The van der Waals surface area contributed by atoms with E-state index in [2.05, 4.69) is 40.3 Å². The zero-order valence-corrected chi connectivity index (χ0v) is 19.6. The largest absolute Gasteiger partial charge is 0.485 e. The molecule has 1 amide bonds. The van der Waals surface area contributed by atoms with Gasteiger partial charge in [-0.1, -0.05) is 60.3 Å². The number of carbonyl (C=O) groups excluding carboxylic acids is 1. The van der Waals surface area contributed by atoms with Crippen LogP contribution in [0.25, 0.3) is 10.8 Å². The highest BCUT2D eigenvalue weighted by molar-refractivity contribution is 7.99. The number of nitrogens with zero attached hydrogens (tertiary/aromatic N) is 3. The lowest BCUT2D eigenvalue weighted by Crippen LogP contribution is -2.15. The summed E-state index contributed by atoms with van der Waals surface area (Å²) < 4.78 is 8.01. The molecule has 4 aromatic rings. The quantitative estimate of drug-likeness (QED) is 0.263. The summed E-state index contributed by atoms with van der Waals surface area (Å²) in [5, 5.41) is 14.4. The van der Waals surface area contributed by atoms with Gasteiger partial charge in [-0.3, -0.25) is 9.36 Å². The lowest BCUT2D eigenvalue weighted by Gasteiger charge is -2.11. The Kier molecular flexibility index (Phi) is 7.10. The average molecular weight is 459 g/mol. The zero-order valence-electron chi connectivity index (χ0n) is 18.7. The number of carbonyl (C=O) groups is 1. The van der Waals surface area contributed by atoms with Gasteiger partial charge in [0, 0.05) is 17.6 Å². The van der Waals surface area contributed by atoms with Crippen molar-refractivity contribution in [2.75, 3.05) is 11.1 Å². The van der Waals surface area contributed by atoms with Gasteiger partial charge in [0.2, 0.25) is 5.91 Å². The van der Waals surface area contributed by atoms with E-state index in [1.807, 2.05) is 60.9 Å². The first-order valence-electron chi connectivity index (χ1n) is 10.7. The first kappa shape index (κ1) is 22.6. The summed E-state index contributed by atoms with van der Waals surface area (Å²) in [6.07, 6.45) is 1.78. The van der Waals surface area contributed by atoms with Crippen LogP contribution in [0.5, 0.6) is 5.75 Å². The van der Waals surface area contributed by atoms with Crippen LogP contribution in [0.15, 0.2) is 78.5 Å². The van der Waals surface area contributed by atoms with Crippen LogP contribution in [0.2, 0.25) is 0 Å². The minimum Gasteiger partial charge on any atom is -0.485 e. The number of aryl methyl sites for hydroxylation is 2.